The van der Waals surface area contributed by atoms with Crippen LogP contribution in [0.2, 0.25) is 0 Å². The fourth-order valence-corrected chi connectivity index (χ4v) is 5.56. The molecule has 1 saturated heterocycles. The van der Waals surface area contributed by atoms with Crippen LogP contribution in [0.4, 0.5) is 0 Å². The van der Waals surface area contributed by atoms with Crippen molar-refractivity contribution >= 4 is 23.6 Å². The van der Waals surface area contributed by atoms with Crippen molar-refractivity contribution in [3.63, 3.8) is 0 Å². The van der Waals surface area contributed by atoms with Crippen LogP contribution >= 0.6 is 11.8 Å². The fourth-order valence-electron chi connectivity index (χ4n) is 4.61. The lowest BCUT2D eigenvalue weighted by Gasteiger charge is -2.36. The lowest BCUT2D eigenvalue weighted by Crippen LogP contribution is -2.31. The number of aliphatic hydroxyl groups excluding tert-OH is 1. The van der Waals surface area contributed by atoms with Gasteiger partial charge in [-0.15, -0.1) is 11.8 Å². The van der Waals surface area contributed by atoms with E-state index in [1.165, 1.54) is 4.90 Å². The Labute approximate surface area is 245 Å². The second-order valence-electron chi connectivity index (χ2n) is 10.1. The number of amides is 2. The van der Waals surface area contributed by atoms with Gasteiger partial charge in [-0.25, -0.2) is 5.48 Å². The maximum Gasteiger partial charge on any atom is 0.243 e. The van der Waals surface area contributed by atoms with Gasteiger partial charge in [0.2, 0.25) is 11.8 Å². The molecule has 4 rings (SSSR count). The van der Waals surface area contributed by atoms with Crippen LogP contribution < -0.4 is 10.8 Å². The molecule has 0 aliphatic carbocycles. The molecule has 0 aromatic heterocycles. The number of hydrogen-bond donors (Lipinski definition) is 4. The number of aliphatic hydroxyl groups is 1. The van der Waals surface area contributed by atoms with Crippen molar-refractivity contribution in [1.82, 2.24) is 10.8 Å². The zero-order valence-corrected chi connectivity index (χ0v) is 23.9. The number of rotatable bonds is 14. The number of ether oxygens (including phenoxy) is 2. The molecule has 3 aromatic carbocycles. The molecule has 1 aliphatic heterocycles. The number of thioether (sulfide) groups is 1. The summed E-state index contributed by atoms with van der Waals surface area (Å²) in [5, 5.41) is 20.9. The topological polar surface area (TPSA) is 117 Å². The van der Waals surface area contributed by atoms with Crippen molar-refractivity contribution in [2.24, 2.45) is 0 Å². The van der Waals surface area contributed by atoms with Crippen LogP contribution in [-0.4, -0.2) is 34.0 Å². The summed E-state index contributed by atoms with van der Waals surface area (Å²) < 4.78 is 12.9. The average Bonchev–Trinajstić information content (AvgIpc) is 3.03. The van der Waals surface area contributed by atoms with Crippen molar-refractivity contribution in [2.45, 2.75) is 75.1 Å². The maximum atomic E-state index is 12.2. The van der Waals surface area contributed by atoms with Gasteiger partial charge in [-0.3, -0.25) is 14.8 Å². The van der Waals surface area contributed by atoms with E-state index in [2.05, 4.69) is 17.4 Å². The van der Waals surface area contributed by atoms with E-state index in [0.29, 0.717) is 25.8 Å². The third-order valence-electron chi connectivity index (χ3n) is 6.97. The van der Waals surface area contributed by atoms with Gasteiger partial charge in [0, 0.05) is 42.0 Å². The summed E-state index contributed by atoms with van der Waals surface area (Å²) in [6.07, 6.45) is 2.76. The quantitative estimate of drug-likeness (QED) is 0.0853. The van der Waals surface area contributed by atoms with E-state index in [-0.39, 0.29) is 31.1 Å². The Morgan fingerprint density at radius 3 is 2.15 bits per heavy atom. The summed E-state index contributed by atoms with van der Waals surface area (Å²) >= 11 is 1.77. The third kappa shape index (κ3) is 9.98. The molecule has 0 radical (unpaired) electrons. The van der Waals surface area contributed by atoms with E-state index < -0.39 is 12.2 Å². The standard InChI is InChI=1S/C32H38N2O6S/c35-21-24-13-15-25(16-14-24)29-19-27(22-41-28-7-3-1-4-8-28)39-32(40-29)26-17-11-23(12-18-26)20-33-30(36)9-5-2-6-10-31(37)34-38/h1,3-4,7-8,11-18,27,29,32,35,38H,2,5-6,9-10,19-22H2,(H,33,36)(H,34,37). The molecule has 3 atom stereocenters. The number of hydroxylamine groups is 1. The highest BCUT2D eigenvalue weighted by Gasteiger charge is 2.32. The molecular weight excluding hydrogens is 540 g/mol. The molecule has 1 heterocycles. The monoisotopic (exact) mass is 578 g/mol. The minimum absolute atomic E-state index is 0.00614. The first kappa shape index (κ1) is 30.7. The first-order valence-electron chi connectivity index (χ1n) is 14.0. The van der Waals surface area contributed by atoms with E-state index in [9.17, 15) is 14.7 Å². The number of benzene rings is 3. The Bertz CT molecular complexity index is 1220. The Morgan fingerprint density at radius 1 is 0.805 bits per heavy atom. The van der Waals surface area contributed by atoms with E-state index in [4.69, 9.17) is 14.7 Å². The van der Waals surface area contributed by atoms with Gasteiger partial charge in [0.15, 0.2) is 6.29 Å². The predicted molar refractivity (Wildman–Crippen MR) is 157 cm³/mol. The van der Waals surface area contributed by atoms with Crippen LogP contribution in [-0.2, 0) is 32.2 Å². The smallest absolute Gasteiger partial charge is 0.243 e. The second-order valence-corrected chi connectivity index (χ2v) is 11.2. The summed E-state index contributed by atoms with van der Waals surface area (Å²) in [6.45, 7) is 0.431. The zero-order chi connectivity index (χ0) is 28.9. The van der Waals surface area contributed by atoms with Crippen LogP contribution in [0.25, 0.3) is 0 Å². The number of carbonyl (C=O) groups excluding carboxylic acids is 2. The third-order valence-corrected chi connectivity index (χ3v) is 8.11. The molecule has 41 heavy (non-hydrogen) atoms. The van der Waals surface area contributed by atoms with E-state index >= 15 is 0 Å². The Morgan fingerprint density at radius 2 is 1.46 bits per heavy atom. The van der Waals surface area contributed by atoms with Crippen molar-refractivity contribution < 1.29 is 29.4 Å². The van der Waals surface area contributed by atoms with Gasteiger partial charge < -0.3 is 19.9 Å². The minimum Gasteiger partial charge on any atom is -0.392 e. The SMILES string of the molecule is O=C(CCCCCC(=O)NCc1ccc(C2OC(CSc3ccccc3)CC(c3ccc(CO)cc3)O2)cc1)NO. The predicted octanol–water partition coefficient (Wildman–Crippen LogP) is 5.59. The minimum atomic E-state index is -0.524. The van der Waals surface area contributed by atoms with E-state index in [0.717, 1.165) is 40.8 Å². The Balaban J connectivity index is 1.32. The summed E-state index contributed by atoms with van der Waals surface area (Å²) in [5.74, 6) is 0.359. The molecule has 3 unspecified atom stereocenters. The molecule has 218 valence electrons. The molecule has 4 N–H and O–H groups in total. The molecule has 0 bridgehead atoms. The van der Waals surface area contributed by atoms with Crippen LogP contribution in [0, 0.1) is 0 Å². The highest BCUT2D eigenvalue weighted by atomic mass is 32.2. The molecule has 3 aromatic rings. The van der Waals surface area contributed by atoms with Crippen molar-refractivity contribution in [1.29, 1.82) is 0 Å². The summed E-state index contributed by atoms with van der Waals surface area (Å²) in [5.41, 5.74) is 5.43. The van der Waals surface area contributed by atoms with Gasteiger partial charge in [0.1, 0.15) is 0 Å². The number of carbonyl (C=O) groups is 2. The maximum absolute atomic E-state index is 12.2. The Kier molecular flexibility index (Phi) is 12.2. The van der Waals surface area contributed by atoms with Crippen LogP contribution in [0.5, 0.6) is 0 Å². The molecule has 0 spiro atoms. The normalized spacial score (nSPS) is 18.5. The highest BCUT2D eigenvalue weighted by Crippen LogP contribution is 2.39. The summed E-state index contributed by atoms with van der Waals surface area (Å²) in [6, 6.07) is 26.1. The van der Waals surface area contributed by atoms with E-state index in [1.807, 2.05) is 66.7 Å². The second kappa shape index (κ2) is 16.3. The molecule has 1 fully saturated rings. The average molecular weight is 579 g/mol. The fraction of sp³-hybridized carbons (Fsp3) is 0.375. The van der Waals surface area contributed by atoms with Gasteiger partial charge in [0.05, 0.1) is 18.8 Å². The lowest BCUT2D eigenvalue weighted by atomic mass is 10.0. The first-order chi connectivity index (χ1) is 20.0. The number of unbranched alkanes of at least 4 members (excludes halogenated alkanes) is 2. The lowest BCUT2D eigenvalue weighted by molar-refractivity contribution is -0.245. The molecule has 0 saturated carbocycles. The van der Waals surface area contributed by atoms with E-state index in [1.54, 1.807) is 17.2 Å². The van der Waals surface area contributed by atoms with Crippen LogP contribution in [0.3, 0.4) is 0 Å². The van der Waals surface area contributed by atoms with Crippen LogP contribution in [0.1, 0.15) is 73.2 Å². The van der Waals surface area contributed by atoms with Crippen molar-refractivity contribution in [3.05, 3.63) is 101 Å². The molecule has 1 aliphatic rings. The zero-order valence-electron chi connectivity index (χ0n) is 23.0. The number of hydrogen-bond acceptors (Lipinski definition) is 7. The molecule has 9 heteroatoms. The number of nitrogens with one attached hydrogen (secondary N) is 2. The molecule has 2 amide bonds. The van der Waals surface area contributed by atoms with Gasteiger partial charge >= 0.3 is 0 Å². The summed E-state index contributed by atoms with van der Waals surface area (Å²) in [7, 11) is 0. The highest BCUT2D eigenvalue weighted by molar-refractivity contribution is 7.99. The van der Waals surface area contributed by atoms with Gasteiger partial charge in [-0.05, 0) is 41.7 Å². The van der Waals surface area contributed by atoms with Gasteiger partial charge in [-0.2, -0.15) is 0 Å². The van der Waals surface area contributed by atoms with Crippen LogP contribution in [0.15, 0.2) is 83.8 Å². The molecular formula is C32H38N2O6S. The van der Waals surface area contributed by atoms with Crippen molar-refractivity contribution in [3.8, 4) is 0 Å². The summed E-state index contributed by atoms with van der Waals surface area (Å²) in [4.78, 5) is 24.4. The van der Waals surface area contributed by atoms with Crippen molar-refractivity contribution in [2.75, 3.05) is 5.75 Å². The van der Waals surface area contributed by atoms with Gasteiger partial charge in [-0.1, -0.05) is 73.2 Å². The first-order valence-corrected chi connectivity index (χ1v) is 15.0. The van der Waals surface area contributed by atoms with Gasteiger partial charge in [0.25, 0.3) is 0 Å². The largest absolute Gasteiger partial charge is 0.392 e. The Hall–Kier alpha value is -3.21. The molecule has 8 nitrogen and oxygen atoms in total.